The van der Waals surface area contributed by atoms with Crippen LogP contribution in [-0.4, -0.2) is 27.0 Å². The normalized spacial score (nSPS) is 19.7. The molecule has 0 saturated carbocycles. The van der Waals surface area contributed by atoms with Crippen molar-refractivity contribution >= 4 is 0 Å². The maximum absolute atomic E-state index is 9.80. The molecule has 100 valence electrons. The van der Waals surface area contributed by atoms with Crippen LogP contribution in [-0.2, 0) is 4.74 Å². The smallest absolute Gasteiger partial charge is 0.280 e. The van der Waals surface area contributed by atoms with Crippen LogP contribution in [0.3, 0.4) is 0 Å². The molecular weight excluding hydrogens is 236 g/mol. The van der Waals surface area contributed by atoms with Crippen LogP contribution in [0.5, 0.6) is 0 Å². The lowest BCUT2D eigenvalue weighted by Gasteiger charge is -2.17. The van der Waals surface area contributed by atoms with E-state index >= 15 is 0 Å². The Labute approximate surface area is 106 Å². The largest absolute Gasteiger partial charge is 0.511 e. The van der Waals surface area contributed by atoms with Gasteiger partial charge in [-0.3, -0.25) is 0 Å². The number of allylic oxidation sites excluding steroid dienone is 3. The van der Waals surface area contributed by atoms with Gasteiger partial charge in [0, 0.05) is 12.0 Å². The van der Waals surface area contributed by atoms with Crippen molar-refractivity contribution in [2.24, 2.45) is 0 Å². The van der Waals surface area contributed by atoms with Gasteiger partial charge in [0.25, 0.3) is 5.95 Å². The molecule has 5 heteroatoms. The van der Waals surface area contributed by atoms with Crippen LogP contribution in [0.1, 0.15) is 26.7 Å². The maximum atomic E-state index is 9.80. The second-order valence-electron chi connectivity index (χ2n) is 3.79. The molecule has 0 aromatic carbocycles. The third-order valence-corrected chi connectivity index (χ3v) is 2.42. The molecule has 0 heterocycles. The van der Waals surface area contributed by atoms with Crippen LogP contribution >= 0.6 is 0 Å². The number of hydrogen-bond acceptors (Lipinski definition) is 5. The Morgan fingerprint density at radius 2 is 2.00 bits per heavy atom. The summed E-state index contributed by atoms with van der Waals surface area (Å²) < 4.78 is 4.89. The minimum Gasteiger partial charge on any atom is -0.511 e. The Kier molecular flexibility index (Phi) is 4.71. The summed E-state index contributed by atoms with van der Waals surface area (Å²) in [4.78, 5) is 0. The summed E-state index contributed by atoms with van der Waals surface area (Å²) in [6.07, 6.45) is 3.31. The minimum atomic E-state index is -0.339. The zero-order chi connectivity index (χ0) is 13.7. The van der Waals surface area contributed by atoms with E-state index in [1.54, 1.807) is 6.92 Å². The van der Waals surface area contributed by atoms with Crippen molar-refractivity contribution in [3.63, 3.8) is 0 Å². The lowest BCUT2D eigenvalue weighted by molar-refractivity contribution is 0.0974. The average molecular weight is 254 g/mol. The van der Waals surface area contributed by atoms with Crippen LogP contribution in [0, 0.1) is 0 Å². The van der Waals surface area contributed by atoms with Gasteiger partial charge in [0.1, 0.15) is 17.3 Å². The molecule has 0 atom stereocenters. The fourth-order valence-corrected chi connectivity index (χ4v) is 1.65. The lowest BCUT2D eigenvalue weighted by atomic mass is 9.97. The molecule has 0 amide bonds. The second kappa shape index (κ2) is 6.05. The Balaban J connectivity index is 3.09. The zero-order valence-corrected chi connectivity index (χ0v) is 10.5. The molecule has 0 spiro atoms. The van der Waals surface area contributed by atoms with E-state index in [2.05, 4.69) is 0 Å². The summed E-state index contributed by atoms with van der Waals surface area (Å²) in [7, 11) is 0. The SMILES string of the molecule is CC/C=C(\O)C1=C(O)C/C(=C(/O)OCC)C=C1O. The van der Waals surface area contributed by atoms with Gasteiger partial charge in [-0.25, -0.2) is 0 Å². The third kappa shape index (κ3) is 3.00. The molecule has 1 aliphatic rings. The highest BCUT2D eigenvalue weighted by molar-refractivity contribution is 5.49. The molecule has 0 fully saturated rings. The van der Waals surface area contributed by atoms with E-state index in [-0.39, 0.29) is 47.4 Å². The Morgan fingerprint density at radius 1 is 1.33 bits per heavy atom. The molecule has 0 aromatic rings. The molecule has 0 radical (unpaired) electrons. The van der Waals surface area contributed by atoms with Crippen LogP contribution < -0.4 is 0 Å². The van der Waals surface area contributed by atoms with Gasteiger partial charge >= 0.3 is 0 Å². The summed E-state index contributed by atoms with van der Waals surface area (Å²) in [6.45, 7) is 3.81. The number of ether oxygens (including phenoxy) is 1. The summed E-state index contributed by atoms with van der Waals surface area (Å²) in [6, 6.07) is 0. The molecule has 0 aromatic heterocycles. The number of aliphatic hydroxyl groups excluding tert-OH is 4. The molecule has 1 rings (SSSR count). The highest BCUT2D eigenvalue weighted by Gasteiger charge is 2.23. The Bertz CT molecular complexity index is 440. The summed E-state index contributed by atoms with van der Waals surface area (Å²) in [5.41, 5.74) is 0.254. The molecule has 0 aliphatic heterocycles. The number of rotatable bonds is 4. The van der Waals surface area contributed by atoms with Crippen molar-refractivity contribution in [3.8, 4) is 0 Å². The first-order valence-corrected chi connectivity index (χ1v) is 5.78. The van der Waals surface area contributed by atoms with E-state index in [1.807, 2.05) is 6.92 Å². The molecule has 0 saturated heterocycles. The van der Waals surface area contributed by atoms with Crippen molar-refractivity contribution in [1.82, 2.24) is 0 Å². The molecule has 0 bridgehead atoms. The molecule has 0 unspecified atom stereocenters. The molecule has 18 heavy (non-hydrogen) atoms. The predicted octanol–water partition coefficient (Wildman–Crippen LogP) is 3.30. The fraction of sp³-hybridized carbons (Fsp3) is 0.385. The predicted molar refractivity (Wildman–Crippen MR) is 67.3 cm³/mol. The van der Waals surface area contributed by atoms with Crippen LogP contribution in [0.2, 0.25) is 0 Å². The van der Waals surface area contributed by atoms with Crippen LogP contribution in [0.4, 0.5) is 0 Å². The minimum absolute atomic E-state index is 0.00710. The summed E-state index contributed by atoms with van der Waals surface area (Å²) >= 11 is 0. The number of hydrogen-bond donors (Lipinski definition) is 4. The first-order valence-electron chi connectivity index (χ1n) is 5.78. The number of aliphatic hydroxyl groups is 4. The van der Waals surface area contributed by atoms with Crippen molar-refractivity contribution in [2.45, 2.75) is 26.7 Å². The van der Waals surface area contributed by atoms with E-state index in [1.165, 1.54) is 12.2 Å². The van der Waals surface area contributed by atoms with Crippen molar-refractivity contribution in [3.05, 3.63) is 46.5 Å². The van der Waals surface area contributed by atoms with E-state index in [0.29, 0.717) is 6.42 Å². The van der Waals surface area contributed by atoms with Gasteiger partial charge in [-0.1, -0.05) is 6.92 Å². The second-order valence-corrected chi connectivity index (χ2v) is 3.79. The monoisotopic (exact) mass is 254 g/mol. The maximum Gasteiger partial charge on any atom is 0.280 e. The quantitative estimate of drug-likeness (QED) is 0.578. The van der Waals surface area contributed by atoms with Gasteiger partial charge in [0.05, 0.1) is 12.2 Å². The van der Waals surface area contributed by atoms with Crippen molar-refractivity contribution in [2.75, 3.05) is 6.61 Å². The molecule has 5 nitrogen and oxygen atoms in total. The van der Waals surface area contributed by atoms with Gasteiger partial charge in [-0.2, -0.15) is 0 Å². The summed E-state index contributed by atoms with van der Waals surface area (Å²) in [5, 5.41) is 38.8. The standard InChI is InChI=1S/C13H18O5/c1-3-5-9(14)12-10(15)6-8(7-11(12)16)13(17)18-4-2/h5-6,14-17H,3-4,7H2,1-2H3/b9-5-,13-8-. The van der Waals surface area contributed by atoms with E-state index in [0.717, 1.165) is 0 Å². The Hall–Kier alpha value is -2.04. The van der Waals surface area contributed by atoms with E-state index in [9.17, 15) is 20.4 Å². The summed E-state index contributed by atoms with van der Waals surface area (Å²) in [5.74, 6) is -1.03. The van der Waals surface area contributed by atoms with Gasteiger partial charge in [-0.15, -0.1) is 0 Å². The van der Waals surface area contributed by atoms with Gasteiger partial charge in [0.2, 0.25) is 0 Å². The van der Waals surface area contributed by atoms with E-state index in [4.69, 9.17) is 4.74 Å². The molecule has 4 N–H and O–H groups in total. The lowest BCUT2D eigenvalue weighted by Crippen LogP contribution is -2.08. The van der Waals surface area contributed by atoms with Gasteiger partial charge in [0.15, 0.2) is 0 Å². The van der Waals surface area contributed by atoms with Crippen LogP contribution in [0.25, 0.3) is 0 Å². The molecular formula is C13H18O5. The van der Waals surface area contributed by atoms with Gasteiger partial charge < -0.3 is 25.2 Å². The Morgan fingerprint density at radius 3 is 2.50 bits per heavy atom. The first-order chi connectivity index (χ1) is 8.51. The highest BCUT2D eigenvalue weighted by Crippen LogP contribution is 2.31. The zero-order valence-electron chi connectivity index (χ0n) is 10.5. The van der Waals surface area contributed by atoms with Gasteiger partial charge in [-0.05, 0) is 25.5 Å². The van der Waals surface area contributed by atoms with Crippen LogP contribution in [0.15, 0.2) is 46.5 Å². The highest BCUT2D eigenvalue weighted by atomic mass is 16.6. The third-order valence-electron chi connectivity index (χ3n) is 2.42. The topological polar surface area (TPSA) is 90.2 Å². The fourth-order valence-electron chi connectivity index (χ4n) is 1.65. The molecule has 1 aliphatic carbocycles. The first kappa shape index (κ1) is 14.0. The van der Waals surface area contributed by atoms with Crippen molar-refractivity contribution in [1.29, 1.82) is 0 Å². The van der Waals surface area contributed by atoms with Crippen molar-refractivity contribution < 1.29 is 25.2 Å². The van der Waals surface area contributed by atoms with E-state index < -0.39 is 0 Å². The average Bonchev–Trinajstić information content (AvgIpc) is 2.28.